The highest BCUT2D eigenvalue weighted by Gasteiger charge is 2.18. The van der Waals surface area contributed by atoms with Gasteiger partial charge in [-0.3, -0.25) is 0 Å². The van der Waals surface area contributed by atoms with E-state index in [4.69, 9.17) is 10.5 Å². The highest BCUT2D eigenvalue weighted by atomic mass is 16.5. The molecule has 0 aromatic heterocycles. The van der Waals surface area contributed by atoms with Crippen molar-refractivity contribution in [1.29, 1.82) is 0 Å². The van der Waals surface area contributed by atoms with Crippen LogP contribution in [0.3, 0.4) is 0 Å². The number of hydrogen-bond acceptors (Lipinski definition) is 2. The predicted molar refractivity (Wildman–Crippen MR) is 75.5 cm³/mol. The molecule has 2 rings (SSSR count). The summed E-state index contributed by atoms with van der Waals surface area (Å²) in [5, 5.41) is 0. The highest BCUT2D eigenvalue weighted by molar-refractivity contribution is 5.85. The molecule has 0 amide bonds. The van der Waals surface area contributed by atoms with Crippen molar-refractivity contribution in [2.45, 2.75) is 39.0 Å². The molecule has 3 heteroatoms. The van der Waals surface area contributed by atoms with Crippen molar-refractivity contribution in [3.63, 3.8) is 0 Å². The third kappa shape index (κ3) is 3.49. The first-order chi connectivity index (χ1) is 8.79. The molecule has 0 heterocycles. The smallest absolute Gasteiger partial charge is 0.119 e. The van der Waals surface area contributed by atoms with E-state index in [1.165, 1.54) is 25.7 Å². The molecule has 0 aliphatic heterocycles. The van der Waals surface area contributed by atoms with Gasteiger partial charge in [-0.25, -0.2) is 4.99 Å². The highest BCUT2D eigenvalue weighted by Crippen LogP contribution is 2.26. The van der Waals surface area contributed by atoms with E-state index in [1.54, 1.807) is 0 Å². The number of nitrogens with zero attached hydrogens (tertiary/aromatic N) is 1. The zero-order chi connectivity index (χ0) is 12.8. The lowest BCUT2D eigenvalue weighted by atomic mass is 10.1. The van der Waals surface area contributed by atoms with Crippen molar-refractivity contribution in [2.75, 3.05) is 6.61 Å². The van der Waals surface area contributed by atoms with Gasteiger partial charge in [-0.2, -0.15) is 0 Å². The predicted octanol–water partition coefficient (Wildman–Crippen LogP) is 3.65. The van der Waals surface area contributed by atoms with Gasteiger partial charge < -0.3 is 10.5 Å². The summed E-state index contributed by atoms with van der Waals surface area (Å²) in [7, 11) is 0. The van der Waals surface area contributed by atoms with E-state index in [9.17, 15) is 0 Å². The van der Waals surface area contributed by atoms with Crippen LogP contribution in [0.4, 0.5) is 5.69 Å². The average Bonchev–Trinajstić information content (AvgIpc) is 2.92. The van der Waals surface area contributed by atoms with Gasteiger partial charge in [-0.15, -0.1) is 0 Å². The van der Waals surface area contributed by atoms with Gasteiger partial charge in [0.2, 0.25) is 0 Å². The fourth-order valence-electron chi connectivity index (χ4n) is 2.30. The Morgan fingerprint density at radius 3 is 2.56 bits per heavy atom. The Morgan fingerprint density at radius 2 is 1.94 bits per heavy atom. The van der Waals surface area contributed by atoms with Crippen LogP contribution in [0.25, 0.3) is 0 Å². The monoisotopic (exact) mass is 246 g/mol. The van der Waals surface area contributed by atoms with Gasteiger partial charge in [0.25, 0.3) is 0 Å². The topological polar surface area (TPSA) is 47.6 Å². The maximum Gasteiger partial charge on any atom is 0.119 e. The minimum absolute atomic E-state index is 0.487. The number of aliphatic imine (C=N–C) groups is 1. The summed E-state index contributed by atoms with van der Waals surface area (Å²) < 4.78 is 5.54. The normalized spacial score (nSPS) is 17.1. The van der Waals surface area contributed by atoms with E-state index in [1.807, 2.05) is 24.3 Å². The van der Waals surface area contributed by atoms with E-state index in [0.29, 0.717) is 5.92 Å². The zero-order valence-electron chi connectivity index (χ0n) is 11.1. The number of nitrogens with two attached hydrogens (primary N) is 1. The Hall–Kier alpha value is -1.51. The first-order valence-corrected chi connectivity index (χ1v) is 6.86. The average molecular weight is 246 g/mol. The second kappa shape index (κ2) is 6.43. The lowest BCUT2D eigenvalue weighted by molar-refractivity contribution is 0.317. The van der Waals surface area contributed by atoms with Crippen molar-refractivity contribution in [3.05, 3.63) is 24.3 Å². The van der Waals surface area contributed by atoms with Crippen LogP contribution in [0, 0.1) is 5.92 Å². The molecule has 0 spiro atoms. The summed E-state index contributed by atoms with van der Waals surface area (Å²) in [6, 6.07) is 7.84. The molecule has 0 radical (unpaired) electrons. The minimum Gasteiger partial charge on any atom is -0.494 e. The van der Waals surface area contributed by atoms with Crippen molar-refractivity contribution in [3.8, 4) is 5.75 Å². The molecule has 0 atom stereocenters. The Kier molecular flexibility index (Phi) is 4.62. The van der Waals surface area contributed by atoms with E-state index in [-0.39, 0.29) is 0 Å². The number of rotatable bonds is 5. The number of ether oxygens (including phenoxy) is 1. The van der Waals surface area contributed by atoms with Crippen molar-refractivity contribution in [1.82, 2.24) is 0 Å². The second-order valence-electron chi connectivity index (χ2n) is 4.86. The van der Waals surface area contributed by atoms with Crippen molar-refractivity contribution in [2.24, 2.45) is 16.6 Å². The second-order valence-corrected chi connectivity index (χ2v) is 4.86. The van der Waals surface area contributed by atoms with Gasteiger partial charge in [0.15, 0.2) is 0 Å². The van der Waals surface area contributed by atoms with Crippen LogP contribution < -0.4 is 10.5 Å². The molecule has 1 aromatic carbocycles. The van der Waals surface area contributed by atoms with Gasteiger partial charge in [0.05, 0.1) is 12.3 Å². The van der Waals surface area contributed by atoms with E-state index >= 15 is 0 Å². The van der Waals surface area contributed by atoms with E-state index < -0.39 is 0 Å². The third-order valence-corrected chi connectivity index (χ3v) is 3.34. The summed E-state index contributed by atoms with van der Waals surface area (Å²) in [4.78, 5) is 4.50. The number of hydrogen-bond donors (Lipinski definition) is 1. The van der Waals surface area contributed by atoms with Crippen LogP contribution in [0.2, 0.25) is 0 Å². The molecule has 1 aromatic rings. The number of amidine groups is 1. The quantitative estimate of drug-likeness (QED) is 0.636. The Labute approximate surface area is 109 Å². The molecule has 2 N–H and O–H groups in total. The Balaban J connectivity index is 1.98. The van der Waals surface area contributed by atoms with Crippen LogP contribution in [0.5, 0.6) is 5.75 Å². The molecule has 0 saturated heterocycles. The van der Waals surface area contributed by atoms with Crippen LogP contribution >= 0.6 is 0 Å². The Bertz CT molecular complexity index is 391. The summed E-state index contributed by atoms with van der Waals surface area (Å²) in [5.74, 6) is 2.17. The first kappa shape index (κ1) is 12.9. The summed E-state index contributed by atoms with van der Waals surface area (Å²) in [6.07, 6.45) is 5.96. The lowest BCUT2D eigenvalue weighted by Crippen LogP contribution is -2.20. The maximum absolute atomic E-state index is 6.05. The van der Waals surface area contributed by atoms with Gasteiger partial charge >= 0.3 is 0 Å². The molecule has 1 saturated carbocycles. The number of benzene rings is 1. The molecular formula is C15H22N2O. The van der Waals surface area contributed by atoms with Crippen molar-refractivity contribution < 1.29 is 4.74 Å². The Morgan fingerprint density at radius 1 is 1.28 bits per heavy atom. The van der Waals surface area contributed by atoms with E-state index in [2.05, 4.69) is 11.9 Å². The maximum atomic E-state index is 6.05. The van der Waals surface area contributed by atoms with E-state index in [0.717, 1.165) is 30.3 Å². The lowest BCUT2D eigenvalue weighted by Gasteiger charge is -2.08. The van der Waals surface area contributed by atoms with Gasteiger partial charge in [0, 0.05) is 5.92 Å². The minimum atomic E-state index is 0.487. The third-order valence-electron chi connectivity index (χ3n) is 3.34. The molecule has 3 nitrogen and oxygen atoms in total. The van der Waals surface area contributed by atoms with Crippen molar-refractivity contribution >= 4 is 11.5 Å². The fourth-order valence-corrected chi connectivity index (χ4v) is 2.30. The van der Waals surface area contributed by atoms with Gasteiger partial charge in [-0.05, 0) is 43.5 Å². The molecular weight excluding hydrogens is 224 g/mol. The molecule has 0 unspecified atom stereocenters. The summed E-state index contributed by atoms with van der Waals surface area (Å²) in [6.45, 7) is 2.85. The standard InChI is InChI=1S/C15H22N2O/c1-2-11-18-14-9-7-13(8-10-14)17-15(16)12-5-3-4-6-12/h7-10,12H,2-6,11H2,1H3,(H2,16,17). The molecule has 1 aliphatic rings. The summed E-state index contributed by atoms with van der Waals surface area (Å²) in [5.41, 5.74) is 6.97. The van der Waals surface area contributed by atoms with Crippen LogP contribution in [-0.4, -0.2) is 12.4 Å². The molecule has 0 bridgehead atoms. The SMILES string of the molecule is CCCOc1ccc(N=C(N)C2CCCC2)cc1. The molecule has 1 aliphatic carbocycles. The zero-order valence-corrected chi connectivity index (χ0v) is 11.1. The molecule has 98 valence electrons. The van der Waals surface area contributed by atoms with Crippen LogP contribution in [0.15, 0.2) is 29.3 Å². The molecule has 1 fully saturated rings. The summed E-state index contributed by atoms with van der Waals surface area (Å²) >= 11 is 0. The van der Waals surface area contributed by atoms with Gasteiger partial charge in [0.1, 0.15) is 11.6 Å². The first-order valence-electron chi connectivity index (χ1n) is 6.86. The largest absolute Gasteiger partial charge is 0.494 e. The van der Waals surface area contributed by atoms with Crippen LogP contribution in [-0.2, 0) is 0 Å². The molecule has 18 heavy (non-hydrogen) atoms. The van der Waals surface area contributed by atoms with Crippen LogP contribution in [0.1, 0.15) is 39.0 Å². The van der Waals surface area contributed by atoms with Gasteiger partial charge in [-0.1, -0.05) is 19.8 Å². The fraction of sp³-hybridized carbons (Fsp3) is 0.533.